The van der Waals surface area contributed by atoms with Gasteiger partial charge >= 0.3 is 5.97 Å². The third-order valence-electron chi connectivity index (χ3n) is 2.20. The van der Waals surface area contributed by atoms with Crippen LogP contribution < -0.4 is 5.32 Å². The summed E-state index contributed by atoms with van der Waals surface area (Å²) < 4.78 is 0.906. The minimum atomic E-state index is -1.01. The van der Waals surface area contributed by atoms with Crippen LogP contribution in [-0.4, -0.2) is 28.0 Å². The van der Waals surface area contributed by atoms with Gasteiger partial charge < -0.3 is 15.4 Å². The maximum absolute atomic E-state index is 11.7. The van der Waals surface area contributed by atoms with Crippen molar-refractivity contribution in [2.75, 3.05) is 0 Å². The van der Waals surface area contributed by atoms with Crippen LogP contribution in [0.3, 0.4) is 0 Å². The van der Waals surface area contributed by atoms with Crippen molar-refractivity contribution in [3.05, 3.63) is 21.5 Å². The van der Waals surface area contributed by atoms with Gasteiger partial charge in [0.05, 0.1) is 0 Å². The van der Waals surface area contributed by atoms with E-state index in [0.717, 1.165) is 3.57 Å². The molecule has 0 aromatic carbocycles. The second-order valence-corrected chi connectivity index (χ2v) is 5.47. The zero-order valence-corrected chi connectivity index (χ0v) is 11.8. The Kier molecular flexibility index (Phi) is 4.98. The van der Waals surface area contributed by atoms with E-state index in [2.05, 4.69) is 32.9 Å². The Labute approximate surface area is 113 Å². The maximum Gasteiger partial charge on any atom is 0.326 e. The van der Waals surface area contributed by atoms with Gasteiger partial charge in [-0.1, -0.05) is 13.8 Å². The van der Waals surface area contributed by atoms with Gasteiger partial charge in [-0.2, -0.15) is 0 Å². The van der Waals surface area contributed by atoms with Gasteiger partial charge in [-0.25, -0.2) is 4.79 Å². The fraction of sp³-hybridized carbons (Fsp3) is 0.455. The molecular weight excluding hydrogens is 335 g/mol. The molecule has 1 rings (SSSR count). The molecule has 94 valence electrons. The van der Waals surface area contributed by atoms with Crippen LogP contribution in [0.5, 0.6) is 0 Å². The van der Waals surface area contributed by atoms with E-state index in [1.165, 1.54) is 0 Å². The van der Waals surface area contributed by atoms with Gasteiger partial charge in [0.1, 0.15) is 11.7 Å². The Hall–Kier alpha value is -1.05. The summed E-state index contributed by atoms with van der Waals surface area (Å²) in [5, 5.41) is 11.5. The third-order valence-corrected chi connectivity index (χ3v) is 2.83. The molecule has 0 aliphatic heterocycles. The highest BCUT2D eigenvalue weighted by Crippen LogP contribution is 2.09. The van der Waals surface area contributed by atoms with Crippen LogP contribution in [-0.2, 0) is 4.79 Å². The van der Waals surface area contributed by atoms with E-state index in [0.29, 0.717) is 12.1 Å². The molecule has 0 aliphatic rings. The summed E-state index contributed by atoms with van der Waals surface area (Å²) in [4.78, 5) is 25.5. The molecule has 5 nitrogen and oxygen atoms in total. The predicted molar refractivity (Wildman–Crippen MR) is 71.9 cm³/mol. The van der Waals surface area contributed by atoms with Gasteiger partial charge in [0.2, 0.25) is 0 Å². The van der Waals surface area contributed by atoms with Crippen molar-refractivity contribution in [3.8, 4) is 0 Å². The summed E-state index contributed by atoms with van der Waals surface area (Å²) in [7, 11) is 0. The molecule has 1 aromatic rings. The topological polar surface area (TPSA) is 82.2 Å². The number of amides is 1. The van der Waals surface area contributed by atoms with Crippen LogP contribution in [0.25, 0.3) is 0 Å². The van der Waals surface area contributed by atoms with Gasteiger partial charge in [-0.15, -0.1) is 0 Å². The molecule has 1 amide bonds. The summed E-state index contributed by atoms with van der Waals surface area (Å²) in [6, 6.07) is 0.827. The number of aromatic amines is 1. The number of H-pyrrole nitrogens is 1. The summed E-state index contributed by atoms with van der Waals surface area (Å²) >= 11 is 2.07. The lowest BCUT2D eigenvalue weighted by atomic mass is 10.0. The summed E-state index contributed by atoms with van der Waals surface area (Å²) in [6.45, 7) is 3.83. The van der Waals surface area contributed by atoms with E-state index in [-0.39, 0.29) is 11.8 Å². The SMILES string of the molecule is CC(C)C[C@H](NC(=O)c1cc(I)c[nH]1)C(=O)O. The monoisotopic (exact) mass is 350 g/mol. The molecule has 0 saturated heterocycles. The van der Waals surface area contributed by atoms with Crippen LogP contribution >= 0.6 is 22.6 Å². The van der Waals surface area contributed by atoms with Crippen LogP contribution in [0, 0.1) is 9.49 Å². The molecule has 6 heteroatoms. The Morgan fingerprint density at radius 3 is 2.59 bits per heavy atom. The summed E-state index contributed by atoms with van der Waals surface area (Å²) in [6.07, 6.45) is 2.10. The molecule has 0 radical (unpaired) electrons. The lowest BCUT2D eigenvalue weighted by molar-refractivity contribution is -0.139. The lowest BCUT2D eigenvalue weighted by Crippen LogP contribution is -2.41. The van der Waals surface area contributed by atoms with Gasteiger partial charge in [-0.3, -0.25) is 4.79 Å². The minimum Gasteiger partial charge on any atom is -0.480 e. The minimum absolute atomic E-state index is 0.208. The average Bonchev–Trinajstić information content (AvgIpc) is 2.63. The van der Waals surface area contributed by atoms with E-state index in [1.54, 1.807) is 12.3 Å². The van der Waals surface area contributed by atoms with Gasteiger partial charge in [0.15, 0.2) is 0 Å². The van der Waals surface area contributed by atoms with Crippen LogP contribution in [0.15, 0.2) is 12.3 Å². The summed E-state index contributed by atoms with van der Waals surface area (Å²) in [5.74, 6) is -1.19. The highest BCUT2D eigenvalue weighted by atomic mass is 127. The highest BCUT2D eigenvalue weighted by molar-refractivity contribution is 14.1. The molecule has 0 aliphatic carbocycles. The number of hydrogen-bond donors (Lipinski definition) is 3. The molecule has 1 atom stereocenters. The fourth-order valence-corrected chi connectivity index (χ4v) is 1.90. The molecule has 0 spiro atoms. The van der Waals surface area contributed by atoms with E-state index >= 15 is 0 Å². The van der Waals surface area contributed by atoms with Crippen LogP contribution in [0.2, 0.25) is 0 Å². The first kappa shape index (κ1) is 14.0. The molecule has 3 N–H and O–H groups in total. The Balaban J connectivity index is 2.67. The fourth-order valence-electron chi connectivity index (χ4n) is 1.43. The zero-order valence-electron chi connectivity index (χ0n) is 9.66. The number of carboxylic acid groups (broad SMARTS) is 1. The van der Waals surface area contributed by atoms with E-state index < -0.39 is 12.0 Å². The number of halogens is 1. The second-order valence-electron chi connectivity index (χ2n) is 4.23. The average molecular weight is 350 g/mol. The standard InChI is InChI=1S/C11H15IN2O3/c1-6(2)3-9(11(16)17)14-10(15)8-4-7(12)5-13-8/h4-6,9,13H,3H2,1-2H3,(H,14,15)(H,16,17)/t9-/m0/s1. The highest BCUT2D eigenvalue weighted by Gasteiger charge is 2.22. The number of aromatic nitrogens is 1. The van der Waals surface area contributed by atoms with E-state index in [1.807, 2.05) is 13.8 Å². The number of hydrogen-bond acceptors (Lipinski definition) is 2. The summed E-state index contributed by atoms with van der Waals surface area (Å²) in [5.41, 5.74) is 0.379. The Bertz CT molecular complexity index is 415. The Morgan fingerprint density at radius 2 is 2.18 bits per heavy atom. The molecule has 1 aromatic heterocycles. The smallest absolute Gasteiger partial charge is 0.326 e. The maximum atomic E-state index is 11.7. The van der Waals surface area contributed by atoms with Crippen LogP contribution in [0.4, 0.5) is 0 Å². The van der Waals surface area contributed by atoms with Crippen molar-refractivity contribution in [1.82, 2.24) is 10.3 Å². The molecular formula is C11H15IN2O3. The van der Waals surface area contributed by atoms with Gasteiger partial charge in [0, 0.05) is 9.77 Å². The third kappa shape index (κ3) is 4.37. The first-order valence-electron chi connectivity index (χ1n) is 5.27. The quantitative estimate of drug-likeness (QED) is 0.709. The van der Waals surface area contributed by atoms with Gasteiger partial charge in [0.25, 0.3) is 5.91 Å². The molecule has 0 saturated carbocycles. The zero-order chi connectivity index (χ0) is 13.0. The normalized spacial score (nSPS) is 12.5. The lowest BCUT2D eigenvalue weighted by Gasteiger charge is -2.15. The largest absolute Gasteiger partial charge is 0.480 e. The van der Waals surface area contributed by atoms with Crippen molar-refractivity contribution in [2.45, 2.75) is 26.3 Å². The van der Waals surface area contributed by atoms with Crippen LogP contribution in [0.1, 0.15) is 30.8 Å². The number of carbonyl (C=O) groups is 2. The number of rotatable bonds is 5. The second kappa shape index (κ2) is 6.04. The predicted octanol–water partition coefficient (Wildman–Crippen LogP) is 1.85. The van der Waals surface area contributed by atoms with Crippen molar-refractivity contribution in [2.24, 2.45) is 5.92 Å². The number of carbonyl (C=O) groups excluding carboxylic acids is 1. The number of carboxylic acids is 1. The molecule has 0 bridgehead atoms. The van der Waals surface area contributed by atoms with E-state index in [4.69, 9.17) is 5.11 Å². The Morgan fingerprint density at radius 1 is 1.53 bits per heavy atom. The van der Waals surface area contributed by atoms with E-state index in [9.17, 15) is 9.59 Å². The molecule has 0 fully saturated rings. The first-order chi connectivity index (χ1) is 7.90. The van der Waals surface area contributed by atoms with Crippen molar-refractivity contribution in [3.63, 3.8) is 0 Å². The molecule has 1 heterocycles. The molecule has 17 heavy (non-hydrogen) atoms. The van der Waals surface area contributed by atoms with Crippen molar-refractivity contribution in [1.29, 1.82) is 0 Å². The molecule has 0 unspecified atom stereocenters. The van der Waals surface area contributed by atoms with Gasteiger partial charge in [-0.05, 0) is 41.0 Å². The van der Waals surface area contributed by atoms with Crippen molar-refractivity contribution >= 4 is 34.5 Å². The van der Waals surface area contributed by atoms with Crippen molar-refractivity contribution < 1.29 is 14.7 Å². The first-order valence-corrected chi connectivity index (χ1v) is 6.35. The number of nitrogens with one attached hydrogen (secondary N) is 2. The number of aliphatic carboxylic acids is 1.